The van der Waals surface area contributed by atoms with Gasteiger partial charge < -0.3 is 0 Å². The first-order chi connectivity index (χ1) is 8.60. The Bertz CT molecular complexity index is 602. The van der Waals surface area contributed by atoms with Crippen LogP contribution >= 0.6 is 23.4 Å². The molecule has 2 rings (SSSR count). The van der Waals surface area contributed by atoms with Gasteiger partial charge in [-0.25, -0.2) is 8.78 Å². The highest BCUT2D eigenvalue weighted by atomic mass is 35.5. The minimum absolute atomic E-state index is 0.331. The van der Waals surface area contributed by atoms with Gasteiger partial charge in [-0.2, -0.15) is 0 Å². The zero-order valence-electron chi connectivity index (χ0n) is 8.99. The Kier molecular flexibility index (Phi) is 3.99. The largest absolute Gasteiger partial charge is 0.298 e. The van der Waals surface area contributed by atoms with E-state index in [1.54, 1.807) is 18.2 Å². The molecule has 0 aliphatic heterocycles. The Morgan fingerprint density at radius 2 is 1.67 bits per heavy atom. The summed E-state index contributed by atoms with van der Waals surface area (Å²) >= 11 is 7.11. The van der Waals surface area contributed by atoms with Gasteiger partial charge in [0.15, 0.2) is 17.9 Å². The molecule has 0 amide bonds. The van der Waals surface area contributed by atoms with Gasteiger partial charge >= 0.3 is 0 Å². The van der Waals surface area contributed by atoms with Gasteiger partial charge in [0, 0.05) is 15.4 Å². The number of carbonyl (C=O) groups excluding carboxylic acids is 1. The molecule has 0 spiro atoms. The van der Waals surface area contributed by atoms with E-state index in [2.05, 4.69) is 0 Å². The number of benzene rings is 2. The van der Waals surface area contributed by atoms with Crippen molar-refractivity contribution in [3.8, 4) is 0 Å². The predicted octanol–water partition coefficient (Wildman–Crippen LogP) is 4.58. The third-order valence-electron chi connectivity index (χ3n) is 2.23. The summed E-state index contributed by atoms with van der Waals surface area (Å²) < 4.78 is 25.8. The van der Waals surface area contributed by atoms with E-state index in [1.807, 2.05) is 0 Å². The third kappa shape index (κ3) is 2.89. The van der Waals surface area contributed by atoms with Crippen molar-refractivity contribution in [1.82, 2.24) is 0 Å². The summed E-state index contributed by atoms with van der Waals surface area (Å²) in [6.07, 6.45) is 0.661. The minimum Gasteiger partial charge on any atom is -0.298 e. The van der Waals surface area contributed by atoms with Gasteiger partial charge in [0.2, 0.25) is 0 Å². The summed E-state index contributed by atoms with van der Waals surface area (Å²) in [6, 6.07) is 8.54. The number of aldehydes is 1. The molecule has 18 heavy (non-hydrogen) atoms. The van der Waals surface area contributed by atoms with Crippen molar-refractivity contribution in [3.63, 3.8) is 0 Å². The lowest BCUT2D eigenvalue weighted by molar-refractivity contribution is 0.112. The smallest absolute Gasteiger partial charge is 0.159 e. The number of halogens is 3. The fourth-order valence-electron chi connectivity index (χ4n) is 1.34. The fourth-order valence-corrected chi connectivity index (χ4v) is 2.52. The van der Waals surface area contributed by atoms with Crippen LogP contribution in [0.1, 0.15) is 10.4 Å². The average Bonchev–Trinajstić information content (AvgIpc) is 2.34. The van der Waals surface area contributed by atoms with Crippen LogP contribution in [0.5, 0.6) is 0 Å². The highest BCUT2D eigenvalue weighted by molar-refractivity contribution is 7.99. The Balaban J connectivity index is 2.25. The third-order valence-corrected chi connectivity index (χ3v) is 3.53. The van der Waals surface area contributed by atoms with Crippen molar-refractivity contribution in [1.29, 1.82) is 0 Å². The SMILES string of the molecule is O=Cc1ccc(Sc2ccc(F)c(F)c2)cc1Cl. The van der Waals surface area contributed by atoms with E-state index in [1.165, 1.54) is 17.8 Å². The normalized spacial score (nSPS) is 10.4. The summed E-state index contributed by atoms with van der Waals surface area (Å²) in [4.78, 5) is 11.9. The van der Waals surface area contributed by atoms with E-state index >= 15 is 0 Å². The fraction of sp³-hybridized carbons (Fsp3) is 0. The first-order valence-electron chi connectivity index (χ1n) is 4.98. The highest BCUT2D eigenvalue weighted by Gasteiger charge is 2.06. The Morgan fingerprint density at radius 3 is 2.28 bits per heavy atom. The zero-order valence-corrected chi connectivity index (χ0v) is 10.6. The Labute approximate surface area is 112 Å². The number of rotatable bonds is 3. The molecule has 0 saturated carbocycles. The second-order valence-corrected chi connectivity index (χ2v) is 5.03. The van der Waals surface area contributed by atoms with Crippen LogP contribution in [0.3, 0.4) is 0 Å². The molecule has 2 aromatic carbocycles. The van der Waals surface area contributed by atoms with Crippen LogP contribution in [0.25, 0.3) is 0 Å². The van der Waals surface area contributed by atoms with Crippen molar-refractivity contribution < 1.29 is 13.6 Å². The molecule has 0 unspecified atom stereocenters. The number of carbonyl (C=O) groups is 1. The maximum atomic E-state index is 13.0. The predicted molar refractivity (Wildman–Crippen MR) is 67.3 cm³/mol. The standard InChI is InChI=1S/C13H7ClF2OS/c14-11-5-9(2-1-8(11)7-17)18-10-3-4-12(15)13(16)6-10/h1-7H. The molecule has 0 aliphatic rings. The van der Waals surface area contributed by atoms with Crippen molar-refractivity contribution in [2.24, 2.45) is 0 Å². The summed E-state index contributed by atoms with van der Waals surface area (Å²) in [5.41, 5.74) is 0.395. The number of hydrogen-bond acceptors (Lipinski definition) is 2. The monoisotopic (exact) mass is 284 g/mol. The van der Waals surface area contributed by atoms with Gasteiger partial charge in [0.25, 0.3) is 0 Å². The Morgan fingerprint density at radius 1 is 1.00 bits per heavy atom. The topological polar surface area (TPSA) is 17.1 Å². The second kappa shape index (κ2) is 5.50. The molecular weight excluding hydrogens is 278 g/mol. The van der Waals surface area contributed by atoms with Crippen LogP contribution in [0, 0.1) is 11.6 Å². The molecule has 0 heterocycles. The molecule has 92 valence electrons. The lowest BCUT2D eigenvalue weighted by atomic mass is 10.2. The molecule has 5 heteroatoms. The molecule has 0 radical (unpaired) electrons. The van der Waals surface area contributed by atoms with E-state index < -0.39 is 11.6 Å². The number of hydrogen-bond donors (Lipinski definition) is 0. The van der Waals surface area contributed by atoms with E-state index in [9.17, 15) is 13.6 Å². The lowest BCUT2D eigenvalue weighted by Crippen LogP contribution is -1.85. The van der Waals surface area contributed by atoms with Gasteiger partial charge in [-0.15, -0.1) is 0 Å². The van der Waals surface area contributed by atoms with Crippen molar-refractivity contribution in [3.05, 3.63) is 58.6 Å². The van der Waals surface area contributed by atoms with Crippen LogP contribution in [-0.2, 0) is 0 Å². The van der Waals surface area contributed by atoms with Crippen molar-refractivity contribution >= 4 is 29.6 Å². The molecule has 0 N–H and O–H groups in total. The van der Waals surface area contributed by atoms with Gasteiger partial charge in [0.05, 0.1) is 5.02 Å². The van der Waals surface area contributed by atoms with Crippen LogP contribution in [0.4, 0.5) is 8.78 Å². The van der Waals surface area contributed by atoms with Crippen molar-refractivity contribution in [2.45, 2.75) is 9.79 Å². The van der Waals surface area contributed by atoms with Crippen LogP contribution < -0.4 is 0 Å². The molecule has 0 aliphatic carbocycles. The molecule has 2 aromatic rings. The zero-order chi connectivity index (χ0) is 13.1. The molecule has 0 fully saturated rings. The molecular formula is C13H7ClF2OS. The first kappa shape index (κ1) is 13.1. The van der Waals surface area contributed by atoms with Gasteiger partial charge in [0.1, 0.15) is 0 Å². The van der Waals surface area contributed by atoms with Crippen LogP contribution in [0.2, 0.25) is 5.02 Å². The van der Waals surface area contributed by atoms with E-state index in [0.717, 1.165) is 17.0 Å². The average molecular weight is 285 g/mol. The lowest BCUT2D eigenvalue weighted by Gasteiger charge is -2.04. The summed E-state index contributed by atoms with van der Waals surface area (Å²) in [5.74, 6) is -1.77. The Hall–Kier alpha value is -1.39. The highest BCUT2D eigenvalue weighted by Crippen LogP contribution is 2.31. The van der Waals surface area contributed by atoms with Crippen molar-refractivity contribution in [2.75, 3.05) is 0 Å². The summed E-state index contributed by atoms with van der Waals surface area (Å²) in [5, 5.41) is 0.331. The van der Waals surface area contributed by atoms with Crippen LogP contribution in [-0.4, -0.2) is 6.29 Å². The second-order valence-electron chi connectivity index (χ2n) is 3.48. The summed E-state index contributed by atoms with van der Waals surface area (Å²) in [6.45, 7) is 0. The maximum Gasteiger partial charge on any atom is 0.159 e. The van der Waals surface area contributed by atoms with E-state index in [0.29, 0.717) is 21.8 Å². The van der Waals surface area contributed by atoms with Crippen LogP contribution in [0.15, 0.2) is 46.2 Å². The molecule has 0 saturated heterocycles. The summed E-state index contributed by atoms with van der Waals surface area (Å²) in [7, 11) is 0. The molecule has 0 bridgehead atoms. The van der Waals surface area contributed by atoms with Gasteiger partial charge in [-0.05, 0) is 36.4 Å². The molecule has 1 nitrogen and oxygen atoms in total. The quantitative estimate of drug-likeness (QED) is 0.767. The van der Waals surface area contributed by atoms with E-state index in [-0.39, 0.29) is 0 Å². The van der Waals surface area contributed by atoms with E-state index in [4.69, 9.17) is 11.6 Å². The minimum atomic E-state index is -0.893. The first-order valence-corrected chi connectivity index (χ1v) is 6.17. The molecule has 0 aromatic heterocycles. The molecule has 0 atom stereocenters. The van der Waals surface area contributed by atoms with Gasteiger partial charge in [-0.3, -0.25) is 4.79 Å². The maximum absolute atomic E-state index is 13.0. The van der Waals surface area contributed by atoms with Gasteiger partial charge in [-0.1, -0.05) is 23.4 Å².